The van der Waals surface area contributed by atoms with Crippen molar-refractivity contribution in [2.45, 2.75) is 6.42 Å². The third-order valence-electron chi connectivity index (χ3n) is 4.34. The molecule has 7 nitrogen and oxygen atoms in total. The number of ether oxygens (including phenoxy) is 1. The van der Waals surface area contributed by atoms with Crippen LogP contribution >= 0.6 is 0 Å². The number of benzene rings is 2. The first-order valence-corrected chi connectivity index (χ1v) is 9.31. The molecule has 0 saturated carbocycles. The van der Waals surface area contributed by atoms with E-state index in [1.54, 1.807) is 19.2 Å². The van der Waals surface area contributed by atoms with Crippen molar-refractivity contribution in [1.82, 2.24) is 10.1 Å². The fourth-order valence-corrected chi connectivity index (χ4v) is 2.90. The summed E-state index contributed by atoms with van der Waals surface area (Å²) in [5, 5.41) is 6.26. The van der Waals surface area contributed by atoms with E-state index in [-0.39, 0.29) is 18.4 Å². The van der Waals surface area contributed by atoms with E-state index >= 15 is 0 Å². The Hall–Kier alpha value is -3.45. The summed E-state index contributed by atoms with van der Waals surface area (Å²) in [6.07, 6.45) is 1.99. The van der Waals surface area contributed by atoms with Gasteiger partial charge in [-0.25, -0.2) is 0 Å². The molecule has 7 heteroatoms. The lowest BCUT2D eigenvalue weighted by Crippen LogP contribution is -2.39. The molecule has 150 valence electrons. The smallest absolute Gasteiger partial charge is 0.254 e. The van der Waals surface area contributed by atoms with Crippen LogP contribution in [0.15, 0.2) is 71.4 Å². The number of hydrogen-bond donors (Lipinski definition) is 1. The summed E-state index contributed by atoms with van der Waals surface area (Å²) in [5.41, 5.74) is 2.63. The maximum Gasteiger partial charge on any atom is 0.254 e. The summed E-state index contributed by atoms with van der Waals surface area (Å²) in [5.74, 6) is -0.243. The van der Waals surface area contributed by atoms with Gasteiger partial charge in [0.1, 0.15) is 12.8 Å². The highest BCUT2D eigenvalue weighted by Gasteiger charge is 2.19. The molecule has 3 rings (SSSR count). The number of aromatic nitrogens is 1. The lowest BCUT2D eigenvalue weighted by molar-refractivity contribution is -0.117. The predicted octanol–water partition coefficient (Wildman–Crippen LogP) is 3.46. The van der Waals surface area contributed by atoms with Crippen LogP contribution in [0.2, 0.25) is 0 Å². The number of amides is 2. The fourth-order valence-electron chi connectivity index (χ4n) is 2.90. The second kappa shape index (κ2) is 10.2. The van der Waals surface area contributed by atoms with Crippen LogP contribution in [0.4, 0.5) is 5.82 Å². The van der Waals surface area contributed by atoms with Gasteiger partial charge >= 0.3 is 0 Å². The molecule has 1 heterocycles. The molecule has 29 heavy (non-hydrogen) atoms. The second-order valence-corrected chi connectivity index (χ2v) is 6.45. The Morgan fingerprint density at radius 2 is 1.76 bits per heavy atom. The van der Waals surface area contributed by atoms with Crippen LogP contribution in [0.1, 0.15) is 16.8 Å². The Morgan fingerprint density at radius 1 is 1.03 bits per heavy atom. The maximum atomic E-state index is 13.0. The van der Waals surface area contributed by atoms with Crippen LogP contribution in [0.5, 0.6) is 0 Å². The minimum atomic E-state index is -0.342. The molecule has 0 atom stereocenters. The Morgan fingerprint density at radius 3 is 2.41 bits per heavy atom. The summed E-state index contributed by atoms with van der Waals surface area (Å²) in [6, 6.07) is 18.9. The highest BCUT2D eigenvalue weighted by atomic mass is 16.5. The number of nitrogens with one attached hydrogen (secondary N) is 1. The van der Waals surface area contributed by atoms with Gasteiger partial charge in [-0.1, -0.05) is 47.6 Å². The fraction of sp³-hybridized carbons (Fsp3) is 0.227. The minimum absolute atomic E-state index is 0.0875. The lowest BCUT2D eigenvalue weighted by Gasteiger charge is -2.22. The topological polar surface area (TPSA) is 84.7 Å². The van der Waals surface area contributed by atoms with Gasteiger partial charge in [-0.2, -0.15) is 0 Å². The van der Waals surface area contributed by atoms with Gasteiger partial charge in [0.05, 0.1) is 0 Å². The van der Waals surface area contributed by atoms with Gasteiger partial charge in [-0.15, -0.1) is 0 Å². The van der Waals surface area contributed by atoms with Gasteiger partial charge in [0.15, 0.2) is 5.82 Å². The molecule has 0 aliphatic rings. The van der Waals surface area contributed by atoms with Crippen LogP contribution in [0.3, 0.4) is 0 Å². The third kappa shape index (κ3) is 5.76. The number of methoxy groups -OCH3 is 1. The van der Waals surface area contributed by atoms with E-state index in [9.17, 15) is 9.59 Å². The Labute approximate surface area is 169 Å². The van der Waals surface area contributed by atoms with E-state index in [0.29, 0.717) is 31.0 Å². The maximum absolute atomic E-state index is 13.0. The first kappa shape index (κ1) is 20.3. The summed E-state index contributed by atoms with van der Waals surface area (Å²) in [6.45, 7) is 0.816. The molecule has 0 aliphatic heterocycles. The zero-order valence-corrected chi connectivity index (χ0v) is 16.2. The quantitative estimate of drug-likeness (QED) is 0.563. The molecule has 0 saturated heterocycles. The standard InChI is InChI=1S/C22H23N3O4/c1-28-14-5-13-25(16-21(26)23-20-12-15-29-24-20)22(27)19-10-8-18(9-11-19)17-6-3-2-4-7-17/h2-4,6-12,15H,5,13-14,16H2,1H3,(H,23,24,26). The van der Waals surface area contributed by atoms with Gasteiger partial charge in [0.25, 0.3) is 5.91 Å². The summed E-state index contributed by atoms with van der Waals surface area (Å²) < 4.78 is 9.77. The highest BCUT2D eigenvalue weighted by molar-refractivity contribution is 5.99. The van der Waals surface area contributed by atoms with E-state index < -0.39 is 0 Å². The van der Waals surface area contributed by atoms with Crippen LogP contribution in [0, 0.1) is 0 Å². The summed E-state index contributed by atoms with van der Waals surface area (Å²) in [7, 11) is 1.60. The van der Waals surface area contributed by atoms with Gasteiger partial charge in [0.2, 0.25) is 5.91 Å². The average Bonchev–Trinajstić information content (AvgIpc) is 3.26. The van der Waals surface area contributed by atoms with Crippen molar-refractivity contribution >= 4 is 17.6 Å². The Kier molecular flexibility index (Phi) is 7.13. The second-order valence-electron chi connectivity index (χ2n) is 6.45. The number of hydrogen-bond acceptors (Lipinski definition) is 5. The van der Waals surface area contributed by atoms with Gasteiger partial charge in [-0.05, 0) is 29.7 Å². The first-order valence-electron chi connectivity index (χ1n) is 9.31. The van der Waals surface area contributed by atoms with Crippen molar-refractivity contribution in [1.29, 1.82) is 0 Å². The molecule has 1 N–H and O–H groups in total. The monoisotopic (exact) mass is 393 g/mol. The van der Waals surface area contributed by atoms with Crippen molar-refractivity contribution in [3.8, 4) is 11.1 Å². The molecule has 1 aromatic heterocycles. The van der Waals surface area contributed by atoms with Gasteiger partial charge < -0.3 is 19.5 Å². The zero-order chi connectivity index (χ0) is 20.5. The molecule has 0 unspecified atom stereocenters. The molecule has 2 amide bonds. The zero-order valence-electron chi connectivity index (χ0n) is 16.2. The predicted molar refractivity (Wildman–Crippen MR) is 109 cm³/mol. The lowest BCUT2D eigenvalue weighted by atomic mass is 10.0. The number of nitrogens with zero attached hydrogens (tertiary/aromatic N) is 2. The Balaban J connectivity index is 1.70. The van der Waals surface area contributed by atoms with E-state index in [0.717, 1.165) is 11.1 Å². The SMILES string of the molecule is COCCCN(CC(=O)Nc1ccon1)C(=O)c1ccc(-c2ccccc2)cc1. The molecular weight excluding hydrogens is 370 g/mol. The first-order chi connectivity index (χ1) is 14.2. The normalized spacial score (nSPS) is 10.5. The average molecular weight is 393 g/mol. The molecular formula is C22H23N3O4. The number of carbonyl (C=O) groups excluding carboxylic acids is 2. The van der Waals surface area contributed by atoms with Crippen molar-refractivity contribution in [2.24, 2.45) is 0 Å². The molecule has 0 spiro atoms. The molecule has 3 aromatic rings. The van der Waals surface area contributed by atoms with E-state index in [1.165, 1.54) is 17.2 Å². The molecule has 0 radical (unpaired) electrons. The number of anilines is 1. The number of carbonyl (C=O) groups is 2. The van der Waals surface area contributed by atoms with Gasteiger partial charge in [0, 0.05) is 31.9 Å². The minimum Gasteiger partial charge on any atom is -0.385 e. The Bertz CT molecular complexity index is 909. The van der Waals surface area contributed by atoms with Crippen molar-refractivity contribution in [2.75, 3.05) is 32.1 Å². The summed E-state index contributed by atoms with van der Waals surface area (Å²) >= 11 is 0. The number of rotatable bonds is 9. The van der Waals surface area contributed by atoms with Gasteiger partial charge in [-0.3, -0.25) is 9.59 Å². The van der Waals surface area contributed by atoms with Crippen LogP contribution in [-0.4, -0.2) is 48.7 Å². The van der Waals surface area contributed by atoms with Crippen molar-refractivity contribution < 1.29 is 18.8 Å². The van der Waals surface area contributed by atoms with E-state index in [4.69, 9.17) is 9.26 Å². The largest absolute Gasteiger partial charge is 0.385 e. The molecule has 0 aliphatic carbocycles. The van der Waals surface area contributed by atoms with Crippen molar-refractivity contribution in [3.05, 3.63) is 72.5 Å². The third-order valence-corrected chi connectivity index (χ3v) is 4.34. The molecule has 0 bridgehead atoms. The van der Waals surface area contributed by atoms with Crippen molar-refractivity contribution in [3.63, 3.8) is 0 Å². The van der Waals surface area contributed by atoms with Crippen LogP contribution in [-0.2, 0) is 9.53 Å². The van der Waals surface area contributed by atoms with Crippen LogP contribution < -0.4 is 5.32 Å². The molecule has 2 aromatic carbocycles. The highest BCUT2D eigenvalue weighted by Crippen LogP contribution is 2.20. The van der Waals surface area contributed by atoms with Crippen LogP contribution in [0.25, 0.3) is 11.1 Å². The van der Waals surface area contributed by atoms with E-state index in [1.807, 2.05) is 42.5 Å². The van der Waals surface area contributed by atoms with E-state index in [2.05, 4.69) is 10.5 Å². The summed E-state index contributed by atoms with van der Waals surface area (Å²) in [4.78, 5) is 26.8. The molecule has 0 fully saturated rings.